The molecule has 0 aromatic rings. The van der Waals surface area contributed by atoms with Crippen molar-refractivity contribution in [1.29, 1.82) is 0 Å². The molecular weight excluding hydrogens is 436 g/mol. The molecular formula is C27H42O7. The number of aliphatic hydroxyl groups is 5. The smallest absolute Gasteiger partial charge is 0.159 e. The molecule has 1 aliphatic heterocycles. The van der Waals surface area contributed by atoms with Crippen molar-refractivity contribution in [3.05, 3.63) is 11.6 Å². The van der Waals surface area contributed by atoms with Crippen LogP contribution in [0.3, 0.4) is 0 Å². The summed E-state index contributed by atoms with van der Waals surface area (Å²) < 4.78 is 6.39. The van der Waals surface area contributed by atoms with Crippen LogP contribution in [0.4, 0.5) is 0 Å². The monoisotopic (exact) mass is 478 g/mol. The third-order valence-electron chi connectivity index (χ3n) is 10.8. The van der Waals surface area contributed by atoms with E-state index in [1.54, 1.807) is 26.8 Å². The van der Waals surface area contributed by atoms with E-state index in [-0.39, 0.29) is 36.1 Å². The zero-order chi connectivity index (χ0) is 25.1. The van der Waals surface area contributed by atoms with Crippen LogP contribution in [0, 0.1) is 28.6 Å². The average molecular weight is 479 g/mol. The van der Waals surface area contributed by atoms with Crippen molar-refractivity contribution in [3.63, 3.8) is 0 Å². The van der Waals surface area contributed by atoms with E-state index in [1.165, 1.54) is 0 Å². The van der Waals surface area contributed by atoms with Crippen molar-refractivity contribution in [2.24, 2.45) is 28.6 Å². The highest BCUT2D eigenvalue weighted by Crippen LogP contribution is 2.76. The molecule has 0 radical (unpaired) electrons. The Kier molecular flexibility index (Phi) is 5.38. The number of hydrogen-bond donors (Lipinski definition) is 5. The normalized spacial score (nSPS) is 50.3. The molecule has 5 N–H and O–H groups in total. The predicted molar refractivity (Wildman–Crippen MR) is 125 cm³/mol. The Morgan fingerprint density at radius 3 is 2.44 bits per heavy atom. The first kappa shape index (κ1) is 24.8. The number of epoxide rings is 1. The van der Waals surface area contributed by atoms with Gasteiger partial charge in [0.05, 0.1) is 35.6 Å². The van der Waals surface area contributed by atoms with Crippen LogP contribution in [0.15, 0.2) is 11.6 Å². The maximum absolute atomic E-state index is 13.3. The van der Waals surface area contributed by atoms with Gasteiger partial charge in [-0.15, -0.1) is 0 Å². The van der Waals surface area contributed by atoms with Crippen LogP contribution in [0.2, 0.25) is 0 Å². The Bertz CT molecular complexity index is 905. The van der Waals surface area contributed by atoms with Crippen LogP contribution in [-0.4, -0.2) is 72.5 Å². The molecule has 5 rings (SSSR count). The van der Waals surface area contributed by atoms with Gasteiger partial charge in [-0.2, -0.15) is 0 Å². The summed E-state index contributed by atoms with van der Waals surface area (Å²) in [5.74, 6) is -0.425. The summed E-state index contributed by atoms with van der Waals surface area (Å²) in [5.41, 5.74) is -2.76. The fourth-order valence-electron chi connectivity index (χ4n) is 8.71. The van der Waals surface area contributed by atoms with Crippen LogP contribution in [0.25, 0.3) is 0 Å². The molecule has 34 heavy (non-hydrogen) atoms. The van der Waals surface area contributed by atoms with Crippen molar-refractivity contribution in [2.75, 3.05) is 0 Å². The number of aliphatic hydroxyl groups excluding tert-OH is 3. The van der Waals surface area contributed by atoms with Crippen molar-refractivity contribution in [3.8, 4) is 0 Å². The average Bonchev–Trinajstić information content (AvgIpc) is 3.38. The molecule has 4 aliphatic carbocycles. The van der Waals surface area contributed by atoms with Gasteiger partial charge < -0.3 is 30.3 Å². The lowest BCUT2D eigenvalue weighted by molar-refractivity contribution is -0.164. The highest BCUT2D eigenvalue weighted by atomic mass is 16.6. The van der Waals surface area contributed by atoms with E-state index in [1.807, 2.05) is 0 Å². The highest BCUT2D eigenvalue weighted by Gasteiger charge is 2.81. The zero-order valence-corrected chi connectivity index (χ0v) is 21.1. The second kappa shape index (κ2) is 7.36. The topological polar surface area (TPSA) is 131 Å². The summed E-state index contributed by atoms with van der Waals surface area (Å²) in [6, 6.07) is 0. The van der Waals surface area contributed by atoms with Gasteiger partial charge in [0.15, 0.2) is 5.78 Å². The van der Waals surface area contributed by atoms with Gasteiger partial charge in [-0.3, -0.25) is 4.79 Å². The van der Waals surface area contributed by atoms with E-state index in [2.05, 4.69) is 13.8 Å². The van der Waals surface area contributed by atoms with Gasteiger partial charge in [-0.1, -0.05) is 13.8 Å². The van der Waals surface area contributed by atoms with Gasteiger partial charge in [0, 0.05) is 17.3 Å². The Balaban J connectivity index is 1.47. The molecule has 1 saturated heterocycles. The summed E-state index contributed by atoms with van der Waals surface area (Å²) in [7, 11) is 0. The van der Waals surface area contributed by atoms with Gasteiger partial charge in [-0.05, 0) is 88.7 Å². The molecule has 0 amide bonds. The largest absolute Gasteiger partial charge is 0.390 e. The fourth-order valence-corrected chi connectivity index (χ4v) is 8.71. The predicted octanol–water partition coefficient (Wildman–Crippen LogP) is 1.87. The Morgan fingerprint density at radius 2 is 1.79 bits per heavy atom. The van der Waals surface area contributed by atoms with Gasteiger partial charge in [0.25, 0.3) is 0 Å². The first-order chi connectivity index (χ1) is 15.6. The number of hydrogen-bond acceptors (Lipinski definition) is 7. The minimum atomic E-state index is -1.35. The molecule has 0 bridgehead atoms. The van der Waals surface area contributed by atoms with Crippen LogP contribution in [0.1, 0.15) is 79.6 Å². The maximum Gasteiger partial charge on any atom is 0.159 e. The molecule has 4 fully saturated rings. The van der Waals surface area contributed by atoms with Crippen LogP contribution < -0.4 is 0 Å². The molecule has 7 heteroatoms. The first-order valence-electron chi connectivity index (χ1n) is 13.0. The number of carbonyl (C=O) groups is 1. The Labute approximate surface area is 202 Å². The quantitative estimate of drug-likeness (QED) is 0.381. The van der Waals surface area contributed by atoms with E-state index in [0.29, 0.717) is 25.7 Å². The van der Waals surface area contributed by atoms with Gasteiger partial charge in [0.2, 0.25) is 0 Å². The van der Waals surface area contributed by atoms with Crippen molar-refractivity contribution in [1.82, 2.24) is 0 Å². The molecule has 3 saturated carbocycles. The Morgan fingerprint density at radius 1 is 1.12 bits per heavy atom. The summed E-state index contributed by atoms with van der Waals surface area (Å²) in [6.07, 6.45) is 2.56. The number of allylic oxidation sites excluding steroid dienone is 1. The summed E-state index contributed by atoms with van der Waals surface area (Å²) in [5, 5.41) is 53.5. The van der Waals surface area contributed by atoms with E-state index < -0.39 is 45.9 Å². The van der Waals surface area contributed by atoms with E-state index >= 15 is 0 Å². The van der Waals surface area contributed by atoms with Crippen LogP contribution in [0.5, 0.6) is 0 Å². The van der Waals surface area contributed by atoms with Crippen molar-refractivity contribution in [2.45, 2.75) is 121 Å². The summed E-state index contributed by atoms with van der Waals surface area (Å²) in [6.45, 7) is 9.33. The van der Waals surface area contributed by atoms with E-state index in [0.717, 1.165) is 18.4 Å². The molecule has 192 valence electrons. The second-order valence-corrected chi connectivity index (χ2v) is 13.4. The lowest BCUT2D eigenvalue weighted by Gasteiger charge is -2.58. The lowest BCUT2D eigenvalue weighted by atomic mass is 9.46. The number of fused-ring (bicyclic) bond motifs is 3. The van der Waals surface area contributed by atoms with Gasteiger partial charge >= 0.3 is 0 Å². The number of ether oxygens (including phenoxy) is 1. The third-order valence-corrected chi connectivity index (χ3v) is 10.8. The molecule has 7 nitrogen and oxygen atoms in total. The summed E-state index contributed by atoms with van der Waals surface area (Å²) in [4.78, 5) is 13.3. The molecule has 11 atom stereocenters. The molecule has 0 aromatic heterocycles. The van der Waals surface area contributed by atoms with Crippen molar-refractivity contribution >= 4 is 5.78 Å². The molecule has 1 spiro atoms. The lowest BCUT2D eigenvalue weighted by Crippen LogP contribution is -2.60. The highest BCUT2D eigenvalue weighted by molar-refractivity contribution is 5.95. The molecule has 5 aliphatic rings. The first-order valence-corrected chi connectivity index (χ1v) is 13.0. The van der Waals surface area contributed by atoms with Crippen molar-refractivity contribution < 1.29 is 35.1 Å². The second-order valence-electron chi connectivity index (χ2n) is 13.4. The summed E-state index contributed by atoms with van der Waals surface area (Å²) >= 11 is 0. The van der Waals surface area contributed by atoms with Gasteiger partial charge in [0.1, 0.15) is 5.60 Å². The zero-order valence-electron chi connectivity index (χ0n) is 21.1. The number of rotatable bonds is 5. The fraction of sp³-hybridized carbons (Fsp3) is 0.889. The minimum Gasteiger partial charge on any atom is -0.390 e. The van der Waals surface area contributed by atoms with Crippen LogP contribution >= 0.6 is 0 Å². The number of ketones is 1. The van der Waals surface area contributed by atoms with Crippen LogP contribution in [-0.2, 0) is 9.53 Å². The molecule has 0 unspecified atom stereocenters. The standard InChI is InChI=1S/C27H42O7/c1-23(2,32)8-7-21(31)26(5,33)20-12-22-27(34-22)15-10-17(28)16-11-18(29)19(30)13-24(16,3)14(15)6-9-25(20,27)4/h10,14,16,18-22,29-33H,6-9,11-13H2,1-5H3/t14-,16-,18+,19-,20-,21-,22-,24+,25+,26+,27-/m0/s1. The molecule has 0 aromatic carbocycles. The van der Waals surface area contributed by atoms with E-state index in [9.17, 15) is 30.3 Å². The number of carbonyl (C=O) groups excluding carboxylic acids is 1. The Hall–Kier alpha value is -0.830. The maximum atomic E-state index is 13.3. The third kappa shape index (κ3) is 3.20. The van der Waals surface area contributed by atoms with E-state index in [4.69, 9.17) is 4.74 Å². The van der Waals surface area contributed by atoms with Gasteiger partial charge in [-0.25, -0.2) is 0 Å². The molecule has 1 heterocycles. The SMILES string of the molecule is CC(C)(O)CC[C@H](O)[C@](C)(O)[C@H]1C[C@@H]2O[C@@]23C2=CC(=O)[C@@H]4C[C@@H](O)[C@@H](O)C[C@]4(C)[C@H]2CC[C@]13C. The minimum absolute atomic E-state index is 0.00740.